The van der Waals surface area contributed by atoms with Gasteiger partial charge in [0, 0.05) is 13.5 Å². The van der Waals surface area contributed by atoms with Crippen molar-refractivity contribution in [1.82, 2.24) is 5.06 Å². The summed E-state index contributed by atoms with van der Waals surface area (Å²) in [6.07, 6.45) is -0.0880. The van der Waals surface area contributed by atoms with E-state index >= 15 is 0 Å². The zero-order chi connectivity index (χ0) is 9.94. The molecule has 0 spiro atoms. The molecule has 70 valence electrons. The predicted molar refractivity (Wildman–Crippen MR) is 42.1 cm³/mol. The molecule has 0 unspecified atom stereocenters. The maximum absolute atomic E-state index is 10.9. The fourth-order valence-electron chi connectivity index (χ4n) is 0.580. The van der Waals surface area contributed by atoms with Crippen LogP contribution in [0.5, 0.6) is 0 Å². The Labute approximate surface area is 71.1 Å². The molecule has 0 radical (unpaired) electrons. The normalized spacial score (nSPS) is 11.0. The van der Waals surface area contributed by atoms with Crippen LogP contribution in [0.1, 0.15) is 20.3 Å². The van der Waals surface area contributed by atoms with Crippen molar-refractivity contribution >= 4 is 11.8 Å². The molecule has 0 atom stereocenters. The lowest BCUT2D eigenvalue weighted by Crippen LogP contribution is -2.37. The summed E-state index contributed by atoms with van der Waals surface area (Å²) in [7, 11) is 1.21. The van der Waals surface area contributed by atoms with E-state index in [0.717, 1.165) is 0 Å². The summed E-state index contributed by atoms with van der Waals surface area (Å²) in [5, 5.41) is 9.15. The molecule has 2 amide bonds. The molecule has 0 aliphatic heterocycles. The molecule has 0 fully saturated rings. The van der Waals surface area contributed by atoms with Crippen molar-refractivity contribution in [3.8, 4) is 0 Å². The Bertz CT molecular complexity index is 199. The van der Waals surface area contributed by atoms with Gasteiger partial charge >= 0.3 is 0 Å². The molecule has 5 nitrogen and oxygen atoms in total. The van der Waals surface area contributed by atoms with E-state index in [-0.39, 0.29) is 6.42 Å². The Kier molecular flexibility index (Phi) is 3.21. The zero-order valence-electron chi connectivity index (χ0n) is 7.50. The molecule has 0 aliphatic rings. The summed E-state index contributed by atoms with van der Waals surface area (Å²) in [5.74, 6) is -1.09. The van der Waals surface area contributed by atoms with Crippen LogP contribution < -0.4 is 5.73 Å². The third-order valence-electron chi connectivity index (χ3n) is 1.62. The molecule has 12 heavy (non-hydrogen) atoms. The lowest BCUT2D eigenvalue weighted by atomic mass is 9.88. The van der Waals surface area contributed by atoms with Gasteiger partial charge in [0.15, 0.2) is 0 Å². The minimum absolute atomic E-state index is 0.0880. The highest BCUT2D eigenvalue weighted by molar-refractivity contribution is 5.86. The van der Waals surface area contributed by atoms with Crippen LogP contribution in [0.3, 0.4) is 0 Å². The molecule has 5 heteroatoms. The molecule has 0 aromatic carbocycles. The maximum Gasteiger partial charge on any atom is 0.246 e. The molecule has 0 saturated heterocycles. The van der Waals surface area contributed by atoms with Crippen LogP contribution in [-0.2, 0) is 9.59 Å². The Morgan fingerprint density at radius 3 is 2.17 bits per heavy atom. The second-order valence-corrected chi connectivity index (χ2v) is 3.34. The van der Waals surface area contributed by atoms with E-state index in [2.05, 4.69) is 0 Å². The highest BCUT2D eigenvalue weighted by Crippen LogP contribution is 2.19. The highest BCUT2D eigenvalue weighted by atomic mass is 16.5. The van der Waals surface area contributed by atoms with Gasteiger partial charge in [-0.05, 0) is 0 Å². The number of nitrogens with two attached hydrogens (primary N) is 1. The monoisotopic (exact) mass is 174 g/mol. The first-order valence-corrected chi connectivity index (χ1v) is 3.52. The Morgan fingerprint density at radius 1 is 1.50 bits per heavy atom. The number of hydrogen-bond acceptors (Lipinski definition) is 3. The topological polar surface area (TPSA) is 83.6 Å². The Balaban J connectivity index is 4.25. The lowest BCUT2D eigenvalue weighted by Gasteiger charge is -2.20. The van der Waals surface area contributed by atoms with E-state index in [1.54, 1.807) is 13.8 Å². The van der Waals surface area contributed by atoms with Gasteiger partial charge in [-0.25, -0.2) is 5.06 Å². The predicted octanol–water partition coefficient (Wildman–Crippen LogP) is -0.264. The first-order valence-electron chi connectivity index (χ1n) is 3.52. The van der Waals surface area contributed by atoms with Crippen LogP contribution in [0.15, 0.2) is 0 Å². The summed E-state index contributed by atoms with van der Waals surface area (Å²) in [6.45, 7) is 3.10. The first-order chi connectivity index (χ1) is 5.27. The molecule has 0 saturated carbocycles. The number of nitrogens with zero attached hydrogens (tertiary/aromatic N) is 1. The summed E-state index contributed by atoms with van der Waals surface area (Å²) in [4.78, 5) is 21.7. The number of primary amides is 1. The average Bonchev–Trinajstić information content (AvgIpc) is 1.85. The van der Waals surface area contributed by atoms with Gasteiger partial charge in [-0.2, -0.15) is 0 Å². The number of carbonyl (C=O) groups excluding carboxylic acids is 2. The second kappa shape index (κ2) is 3.53. The quantitative estimate of drug-likeness (QED) is 0.456. The van der Waals surface area contributed by atoms with E-state index < -0.39 is 17.2 Å². The van der Waals surface area contributed by atoms with E-state index in [1.165, 1.54) is 7.05 Å². The summed E-state index contributed by atoms with van der Waals surface area (Å²) >= 11 is 0. The largest absolute Gasteiger partial charge is 0.369 e. The summed E-state index contributed by atoms with van der Waals surface area (Å²) in [6, 6.07) is 0. The van der Waals surface area contributed by atoms with Crippen molar-refractivity contribution < 1.29 is 14.8 Å². The third-order valence-corrected chi connectivity index (χ3v) is 1.62. The third kappa shape index (κ3) is 2.87. The molecule has 0 heterocycles. The van der Waals surface area contributed by atoms with Crippen molar-refractivity contribution in [2.75, 3.05) is 7.05 Å². The molecule has 3 N–H and O–H groups in total. The van der Waals surface area contributed by atoms with Gasteiger partial charge in [0.1, 0.15) is 0 Å². The van der Waals surface area contributed by atoms with Crippen molar-refractivity contribution in [2.45, 2.75) is 20.3 Å². The van der Waals surface area contributed by atoms with Crippen molar-refractivity contribution in [2.24, 2.45) is 11.1 Å². The fourth-order valence-corrected chi connectivity index (χ4v) is 0.580. The van der Waals surface area contributed by atoms with Gasteiger partial charge in [-0.15, -0.1) is 0 Å². The molecular formula is C7H14N2O3. The smallest absolute Gasteiger partial charge is 0.246 e. The van der Waals surface area contributed by atoms with Crippen LogP contribution in [0.2, 0.25) is 0 Å². The van der Waals surface area contributed by atoms with Gasteiger partial charge in [-0.1, -0.05) is 13.8 Å². The SMILES string of the molecule is CN(O)C(=O)CC(C)(C)C(N)=O. The fraction of sp³-hybridized carbons (Fsp3) is 0.714. The van der Waals surface area contributed by atoms with E-state index in [9.17, 15) is 9.59 Å². The summed E-state index contributed by atoms with van der Waals surface area (Å²) < 4.78 is 0. The van der Waals surface area contributed by atoms with Crippen molar-refractivity contribution in [1.29, 1.82) is 0 Å². The van der Waals surface area contributed by atoms with Gasteiger partial charge < -0.3 is 5.73 Å². The van der Waals surface area contributed by atoms with E-state index in [0.29, 0.717) is 5.06 Å². The van der Waals surface area contributed by atoms with Gasteiger partial charge in [-0.3, -0.25) is 14.8 Å². The van der Waals surface area contributed by atoms with Gasteiger partial charge in [0.05, 0.1) is 5.41 Å². The van der Waals surface area contributed by atoms with Crippen molar-refractivity contribution in [3.63, 3.8) is 0 Å². The highest BCUT2D eigenvalue weighted by Gasteiger charge is 2.29. The first kappa shape index (κ1) is 10.9. The number of rotatable bonds is 3. The molecule has 0 bridgehead atoms. The number of hydroxylamine groups is 2. The minimum Gasteiger partial charge on any atom is -0.369 e. The number of amides is 2. The van der Waals surface area contributed by atoms with E-state index in [1.807, 2.05) is 0 Å². The van der Waals surface area contributed by atoms with Gasteiger partial charge in [0.2, 0.25) is 11.8 Å². The maximum atomic E-state index is 10.9. The van der Waals surface area contributed by atoms with Crippen LogP contribution >= 0.6 is 0 Å². The molecule has 0 aliphatic carbocycles. The van der Waals surface area contributed by atoms with Gasteiger partial charge in [0.25, 0.3) is 0 Å². The summed E-state index contributed by atoms with van der Waals surface area (Å²) in [5.41, 5.74) is 4.12. The zero-order valence-corrected chi connectivity index (χ0v) is 7.50. The Morgan fingerprint density at radius 2 is 1.92 bits per heavy atom. The number of hydrogen-bond donors (Lipinski definition) is 2. The standard InChI is InChI=1S/C7H14N2O3/c1-7(2,6(8)11)4-5(10)9(3)12/h12H,4H2,1-3H3,(H2,8,11). The lowest BCUT2D eigenvalue weighted by molar-refractivity contribution is -0.162. The van der Waals surface area contributed by atoms with Crippen LogP contribution in [-0.4, -0.2) is 29.1 Å². The van der Waals surface area contributed by atoms with Crippen LogP contribution in [0.25, 0.3) is 0 Å². The molecular weight excluding hydrogens is 160 g/mol. The Hall–Kier alpha value is -1.10. The van der Waals surface area contributed by atoms with E-state index in [4.69, 9.17) is 10.9 Å². The van der Waals surface area contributed by atoms with Crippen molar-refractivity contribution in [3.05, 3.63) is 0 Å². The molecule has 0 aromatic rings. The molecule has 0 rings (SSSR count). The minimum atomic E-state index is -0.909. The van der Waals surface area contributed by atoms with Crippen LogP contribution in [0.4, 0.5) is 0 Å². The second-order valence-electron chi connectivity index (χ2n) is 3.34. The molecule has 0 aromatic heterocycles. The van der Waals surface area contributed by atoms with Crippen LogP contribution in [0, 0.1) is 5.41 Å². The average molecular weight is 174 g/mol. The number of carbonyl (C=O) groups is 2.